The Hall–Kier alpha value is -0.530. The summed E-state index contributed by atoms with van der Waals surface area (Å²) in [7, 11) is 0. The molecule has 0 aromatic heterocycles. The van der Waals surface area contributed by atoms with Gasteiger partial charge in [0.1, 0.15) is 5.69 Å². The van der Waals surface area contributed by atoms with Crippen LogP contribution in [0.15, 0.2) is 24.3 Å². The minimum atomic E-state index is 0. The van der Waals surface area contributed by atoms with E-state index in [2.05, 4.69) is 43.8 Å². The van der Waals surface area contributed by atoms with E-state index in [4.69, 9.17) is 0 Å². The minimum Gasteiger partial charge on any atom is -1.00 e. The highest BCUT2D eigenvalue weighted by atomic mass is 35.5. The number of quaternary nitrogens is 1. The summed E-state index contributed by atoms with van der Waals surface area (Å²) in [4.78, 5) is 0. The van der Waals surface area contributed by atoms with Crippen molar-refractivity contribution in [3.63, 3.8) is 0 Å². The van der Waals surface area contributed by atoms with Crippen LogP contribution < -0.4 is 18.1 Å². The molecule has 0 saturated carbocycles. The molecule has 1 nitrogen and oxygen atoms in total. The van der Waals surface area contributed by atoms with Gasteiger partial charge in [0, 0.05) is 0 Å². The molecule has 0 spiro atoms. The molecular weight excluding hydrogens is 170 g/mol. The maximum atomic E-state index is 3.85. The van der Waals surface area contributed by atoms with Gasteiger partial charge in [0.15, 0.2) is 0 Å². The van der Waals surface area contributed by atoms with Crippen LogP contribution in [0.5, 0.6) is 0 Å². The molecule has 0 bridgehead atoms. The molecule has 0 amide bonds. The number of halogens is 1. The van der Waals surface area contributed by atoms with Crippen molar-refractivity contribution in [2.45, 2.75) is 26.2 Å². The molecule has 2 heteroatoms. The molecule has 0 aliphatic rings. The van der Waals surface area contributed by atoms with Crippen LogP contribution in [0.1, 0.15) is 31.7 Å². The molecule has 0 saturated heterocycles. The topological polar surface area (TPSA) is 27.6 Å². The first-order chi connectivity index (χ1) is 5.24. The van der Waals surface area contributed by atoms with Crippen molar-refractivity contribution in [2.75, 3.05) is 0 Å². The summed E-state index contributed by atoms with van der Waals surface area (Å²) >= 11 is 0. The van der Waals surface area contributed by atoms with E-state index < -0.39 is 0 Å². The molecule has 1 aromatic rings. The SMILES string of the molecule is CCC(C)c1ccc([NH3+])cc1.[Cl-]. The lowest BCUT2D eigenvalue weighted by Crippen LogP contribution is -3.00. The Morgan fingerprint density at radius 3 is 2.17 bits per heavy atom. The molecule has 0 heterocycles. The van der Waals surface area contributed by atoms with Crippen LogP contribution in [-0.2, 0) is 0 Å². The van der Waals surface area contributed by atoms with E-state index in [1.807, 2.05) is 0 Å². The van der Waals surface area contributed by atoms with E-state index >= 15 is 0 Å². The fourth-order valence-electron chi connectivity index (χ4n) is 1.08. The van der Waals surface area contributed by atoms with E-state index in [9.17, 15) is 0 Å². The van der Waals surface area contributed by atoms with Gasteiger partial charge in [-0.15, -0.1) is 0 Å². The van der Waals surface area contributed by atoms with Gasteiger partial charge in [-0.2, -0.15) is 0 Å². The number of hydrogen-bond acceptors (Lipinski definition) is 0. The summed E-state index contributed by atoms with van der Waals surface area (Å²) in [5.74, 6) is 0.676. The summed E-state index contributed by atoms with van der Waals surface area (Å²) in [6.07, 6.45) is 1.20. The number of rotatable bonds is 2. The maximum absolute atomic E-state index is 3.85. The summed E-state index contributed by atoms with van der Waals surface area (Å²) in [6, 6.07) is 8.47. The van der Waals surface area contributed by atoms with E-state index in [1.54, 1.807) is 0 Å². The fourth-order valence-corrected chi connectivity index (χ4v) is 1.08. The van der Waals surface area contributed by atoms with Crippen LogP contribution >= 0.6 is 0 Å². The first-order valence-corrected chi connectivity index (χ1v) is 4.16. The monoisotopic (exact) mass is 185 g/mol. The van der Waals surface area contributed by atoms with E-state index in [0.717, 1.165) is 5.69 Å². The fraction of sp³-hybridized carbons (Fsp3) is 0.400. The van der Waals surface area contributed by atoms with Crippen LogP contribution in [-0.4, -0.2) is 0 Å². The predicted octanol–water partition coefficient (Wildman–Crippen LogP) is -0.922. The Morgan fingerprint density at radius 1 is 1.25 bits per heavy atom. The normalized spacial score (nSPS) is 11.9. The van der Waals surface area contributed by atoms with Crippen molar-refractivity contribution in [3.8, 4) is 0 Å². The third-order valence-electron chi connectivity index (χ3n) is 2.16. The van der Waals surface area contributed by atoms with Crippen LogP contribution in [0.25, 0.3) is 0 Å². The lowest BCUT2D eigenvalue weighted by Gasteiger charge is -2.07. The van der Waals surface area contributed by atoms with Crippen LogP contribution in [0.4, 0.5) is 5.69 Å². The Labute approximate surface area is 80.4 Å². The van der Waals surface area contributed by atoms with Gasteiger partial charge in [-0.1, -0.05) is 26.0 Å². The number of hydrogen-bond donors (Lipinski definition) is 1. The maximum Gasteiger partial charge on any atom is 0.127 e. The van der Waals surface area contributed by atoms with Crippen molar-refractivity contribution in [3.05, 3.63) is 29.8 Å². The van der Waals surface area contributed by atoms with E-state index in [1.165, 1.54) is 12.0 Å². The average Bonchev–Trinajstić information content (AvgIpc) is 2.05. The van der Waals surface area contributed by atoms with Gasteiger partial charge >= 0.3 is 0 Å². The third-order valence-corrected chi connectivity index (χ3v) is 2.16. The summed E-state index contributed by atoms with van der Waals surface area (Å²) < 4.78 is 0. The molecule has 0 aliphatic carbocycles. The highest BCUT2D eigenvalue weighted by Crippen LogP contribution is 2.18. The first kappa shape index (κ1) is 11.5. The zero-order valence-electron chi connectivity index (χ0n) is 7.68. The zero-order valence-corrected chi connectivity index (χ0v) is 8.43. The highest BCUT2D eigenvalue weighted by Gasteiger charge is 2.01. The molecule has 0 radical (unpaired) electrons. The summed E-state index contributed by atoms with van der Waals surface area (Å²) in [5.41, 5.74) is 6.36. The van der Waals surface area contributed by atoms with Crippen LogP contribution in [0.2, 0.25) is 0 Å². The van der Waals surface area contributed by atoms with Gasteiger partial charge in [0.05, 0.1) is 0 Å². The Morgan fingerprint density at radius 2 is 1.75 bits per heavy atom. The second-order valence-electron chi connectivity index (χ2n) is 3.05. The van der Waals surface area contributed by atoms with Gasteiger partial charge in [0.2, 0.25) is 0 Å². The van der Waals surface area contributed by atoms with E-state index in [0.29, 0.717) is 5.92 Å². The van der Waals surface area contributed by atoms with Gasteiger partial charge in [-0.25, -0.2) is 0 Å². The second-order valence-corrected chi connectivity index (χ2v) is 3.05. The van der Waals surface area contributed by atoms with Crippen LogP contribution in [0, 0.1) is 0 Å². The quantitative estimate of drug-likeness (QED) is 0.618. The largest absolute Gasteiger partial charge is 1.00 e. The zero-order chi connectivity index (χ0) is 8.27. The van der Waals surface area contributed by atoms with Gasteiger partial charge in [-0.05, 0) is 30.0 Å². The van der Waals surface area contributed by atoms with Crippen molar-refractivity contribution < 1.29 is 18.1 Å². The van der Waals surface area contributed by atoms with Crippen molar-refractivity contribution >= 4 is 5.69 Å². The molecule has 1 unspecified atom stereocenters. The molecule has 0 aliphatic heterocycles. The predicted molar refractivity (Wildman–Crippen MR) is 47.7 cm³/mol. The number of benzene rings is 1. The van der Waals surface area contributed by atoms with Crippen molar-refractivity contribution in [1.29, 1.82) is 0 Å². The molecule has 12 heavy (non-hydrogen) atoms. The van der Waals surface area contributed by atoms with Gasteiger partial charge < -0.3 is 18.1 Å². The Kier molecular flexibility index (Phi) is 4.95. The third kappa shape index (κ3) is 2.84. The summed E-state index contributed by atoms with van der Waals surface area (Å²) in [5, 5.41) is 0. The minimum absolute atomic E-state index is 0. The second kappa shape index (κ2) is 5.18. The van der Waals surface area contributed by atoms with E-state index in [-0.39, 0.29) is 12.4 Å². The smallest absolute Gasteiger partial charge is 0.127 e. The molecular formula is C10H16ClN. The average molecular weight is 186 g/mol. The molecule has 1 aromatic carbocycles. The molecule has 1 atom stereocenters. The Balaban J connectivity index is 0.00000121. The van der Waals surface area contributed by atoms with Crippen molar-refractivity contribution in [2.24, 2.45) is 0 Å². The molecule has 3 N–H and O–H groups in total. The lowest BCUT2D eigenvalue weighted by atomic mass is 9.99. The molecule has 0 fully saturated rings. The standard InChI is InChI=1S/C10H15N.ClH/c1-3-8(2)9-4-6-10(11)7-5-9;/h4-8H,3,11H2,1-2H3;1H. The molecule has 1 rings (SSSR count). The van der Waals surface area contributed by atoms with Gasteiger partial charge in [0.25, 0.3) is 0 Å². The van der Waals surface area contributed by atoms with Gasteiger partial charge in [-0.3, -0.25) is 0 Å². The lowest BCUT2D eigenvalue weighted by molar-refractivity contribution is -0.254. The molecule has 68 valence electrons. The highest BCUT2D eigenvalue weighted by molar-refractivity contribution is 5.32. The van der Waals surface area contributed by atoms with Crippen LogP contribution in [0.3, 0.4) is 0 Å². The Bertz CT molecular complexity index is 218. The first-order valence-electron chi connectivity index (χ1n) is 4.16. The summed E-state index contributed by atoms with van der Waals surface area (Å²) in [6.45, 7) is 4.46. The van der Waals surface area contributed by atoms with Crippen molar-refractivity contribution in [1.82, 2.24) is 0 Å².